The SMILES string of the molecule is O=c1c2ccc(Cl)cc2nc2n1CCOC2. The molecule has 3 rings (SSSR count). The maximum atomic E-state index is 12.1. The fraction of sp³-hybridized carbons (Fsp3) is 0.273. The van der Waals surface area contributed by atoms with E-state index in [1.54, 1.807) is 22.8 Å². The molecule has 16 heavy (non-hydrogen) atoms. The molecule has 1 aliphatic rings. The van der Waals surface area contributed by atoms with Crippen LogP contribution in [0.15, 0.2) is 23.0 Å². The van der Waals surface area contributed by atoms with E-state index in [0.29, 0.717) is 41.5 Å². The zero-order chi connectivity index (χ0) is 11.1. The number of rotatable bonds is 0. The molecule has 1 aromatic carbocycles. The molecule has 0 unspecified atom stereocenters. The van der Waals surface area contributed by atoms with Gasteiger partial charge in [-0.2, -0.15) is 0 Å². The lowest BCUT2D eigenvalue weighted by atomic mass is 10.2. The Morgan fingerprint density at radius 2 is 2.31 bits per heavy atom. The van der Waals surface area contributed by atoms with Crippen molar-refractivity contribution in [2.45, 2.75) is 13.2 Å². The minimum absolute atomic E-state index is 0.0139. The van der Waals surface area contributed by atoms with Crippen molar-refractivity contribution in [3.63, 3.8) is 0 Å². The third-order valence-electron chi connectivity index (χ3n) is 2.69. The van der Waals surface area contributed by atoms with Gasteiger partial charge in [0.05, 0.1) is 24.1 Å². The first kappa shape index (κ1) is 9.81. The first-order valence-electron chi connectivity index (χ1n) is 5.02. The van der Waals surface area contributed by atoms with E-state index in [0.717, 1.165) is 0 Å². The molecule has 2 heterocycles. The van der Waals surface area contributed by atoms with E-state index in [9.17, 15) is 4.79 Å². The summed E-state index contributed by atoms with van der Waals surface area (Å²) in [6.45, 7) is 1.52. The molecule has 0 spiro atoms. The summed E-state index contributed by atoms with van der Waals surface area (Å²) in [5.74, 6) is 0.672. The van der Waals surface area contributed by atoms with Crippen molar-refractivity contribution in [2.24, 2.45) is 0 Å². The van der Waals surface area contributed by atoms with E-state index >= 15 is 0 Å². The molecular formula is C11H9ClN2O2. The third kappa shape index (κ3) is 1.42. The molecule has 0 atom stereocenters. The Bertz CT molecular complexity index is 621. The summed E-state index contributed by atoms with van der Waals surface area (Å²) in [7, 11) is 0. The summed E-state index contributed by atoms with van der Waals surface area (Å²) in [6.07, 6.45) is 0. The highest BCUT2D eigenvalue weighted by Crippen LogP contribution is 2.16. The average Bonchev–Trinajstić information content (AvgIpc) is 2.29. The van der Waals surface area contributed by atoms with E-state index < -0.39 is 0 Å². The highest BCUT2D eigenvalue weighted by Gasteiger charge is 2.14. The quantitative estimate of drug-likeness (QED) is 0.698. The van der Waals surface area contributed by atoms with Crippen molar-refractivity contribution in [2.75, 3.05) is 6.61 Å². The lowest BCUT2D eigenvalue weighted by molar-refractivity contribution is 0.0788. The Morgan fingerprint density at radius 1 is 1.44 bits per heavy atom. The summed E-state index contributed by atoms with van der Waals surface area (Å²) in [5.41, 5.74) is 0.620. The van der Waals surface area contributed by atoms with Crippen LogP contribution in [0.5, 0.6) is 0 Å². The monoisotopic (exact) mass is 236 g/mol. The molecular weight excluding hydrogens is 228 g/mol. The van der Waals surface area contributed by atoms with Crippen LogP contribution in [-0.2, 0) is 17.9 Å². The molecule has 2 aromatic rings. The van der Waals surface area contributed by atoms with Gasteiger partial charge in [-0.25, -0.2) is 4.98 Å². The van der Waals surface area contributed by atoms with E-state index in [1.807, 2.05) is 0 Å². The average molecular weight is 237 g/mol. The first-order chi connectivity index (χ1) is 7.75. The molecule has 0 fully saturated rings. The molecule has 0 aliphatic carbocycles. The van der Waals surface area contributed by atoms with Crippen molar-refractivity contribution in [3.05, 3.63) is 39.4 Å². The molecule has 4 nitrogen and oxygen atoms in total. The Labute approximate surface area is 96.4 Å². The number of benzene rings is 1. The second-order valence-electron chi connectivity index (χ2n) is 3.70. The maximum absolute atomic E-state index is 12.1. The van der Waals surface area contributed by atoms with Gasteiger partial charge in [0.1, 0.15) is 12.4 Å². The summed E-state index contributed by atoms with van der Waals surface area (Å²) in [5, 5.41) is 1.19. The Hall–Kier alpha value is -1.39. The van der Waals surface area contributed by atoms with Crippen molar-refractivity contribution in [1.82, 2.24) is 9.55 Å². The van der Waals surface area contributed by atoms with Gasteiger partial charge in [-0.05, 0) is 18.2 Å². The zero-order valence-corrected chi connectivity index (χ0v) is 9.20. The standard InChI is InChI=1S/C11H9ClN2O2/c12-7-1-2-8-9(5-7)13-10-6-16-4-3-14(10)11(8)15/h1-2,5H,3-4,6H2. The van der Waals surface area contributed by atoms with Crippen molar-refractivity contribution >= 4 is 22.5 Å². The molecule has 1 aromatic heterocycles. The van der Waals surface area contributed by atoms with Crippen LogP contribution < -0.4 is 5.56 Å². The molecule has 0 saturated heterocycles. The zero-order valence-electron chi connectivity index (χ0n) is 8.44. The van der Waals surface area contributed by atoms with Gasteiger partial charge in [-0.3, -0.25) is 9.36 Å². The van der Waals surface area contributed by atoms with E-state index in [2.05, 4.69) is 4.98 Å². The topological polar surface area (TPSA) is 44.1 Å². The summed E-state index contributed by atoms with van der Waals surface area (Å²) in [4.78, 5) is 16.5. The van der Waals surface area contributed by atoms with Crippen molar-refractivity contribution in [1.29, 1.82) is 0 Å². The third-order valence-corrected chi connectivity index (χ3v) is 2.92. The van der Waals surface area contributed by atoms with Gasteiger partial charge in [-0.15, -0.1) is 0 Å². The second-order valence-corrected chi connectivity index (χ2v) is 4.14. The lowest BCUT2D eigenvalue weighted by Crippen LogP contribution is -2.31. The van der Waals surface area contributed by atoms with Gasteiger partial charge in [0.2, 0.25) is 0 Å². The molecule has 1 aliphatic heterocycles. The minimum Gasteiger partial charge on any atom is -0.372 e. The minimum atomic E-state index is -0.0139. The molecule has 0 amide bonds. The highest BCUT2D eigenvalue weighted by molar-refractivity contribution is 6.31. The molecule has 0 radical (unpaired) electrons. The van der Waals surface area contributed by atoms with Crippen LogP contribution in [0.25, 0.3) is 10.9 Å². The molecule has 5 heteroatoms. The Morgan fingerprint density at radius 3 is 3.19 bits per heavy atom. The van der Waals surface area contributed by atoms with Crippen molar-refractivity contribution < 1.29 is 4.74 Å². The molecule has 0 N–H and O–H groups in total. The van der Waals surface area contributed by atoms with Crippen LogP contribution in [-0.4, -0.2) is 16.2 Å². The predicted molar refractivity (Wildman–Crippen MR) is 60.7 cm³/mol. The maximum Gasteiger partial charge on any atom is 0.261 e. The van der Waals surface area contributed by atoms with Gasteiger partial charge >= 0.3 is 0 Å². The van der Waals surface area contributed by atoms with Crippen LogP contribution in [0.2, 0.25) is 5.02 Å². The van der Waals surface area contributed by atoms with Crippen LogP contribution in [0.3, 0.4) is 0 Å². The van der Waals surface area contributed by atoms with E-state index in [4.69, 9.17) is 16.3 Å². The normalized spacial score (nSPS) is 15.1. The van der Waals surface area contributed by atoms with Crippen molar-refractivity contribution in [3.8, 4) is 0 Å². The number of hydrogen-bond donors (Lipinski definition) is 0. The summed E-state index contributed by atoms with van der Waals surface area (Å²) in [6, 6.07) is 5.13. The fourth-order valence-corrected chi connectivity index (χ4v) is 2.07. The second kappa shape index (κ2) is 3.57. The fourth-order valence-electron chi connectivity index (χ4n) is 1.90. The van der Waals surface area contributed by atoms with Gasteiger partial charge < -0.3 is 4.74 Å². The van der Waals surface area contributed by atoms with Gasteiger partial charge in [-0.1, -0.05) is 11.6 Å². The number of halogens is 1. The van der Waals surface area contributed by atoms with Gasteiger partial charge in [0.15, 0.2) is 0 Å². The molecule has 0 bridgehead atoms. The molecule has 82 valence electrons. The number of fused-ring (bicyclic) bond motifs is 2. The van der Waals surface area contributed by atoms with Gasteiger partial charge in [0.25, 0.3) is 5.56 Å². The summed E-state index contributed by atoms with van der Waals surface area (Å²) < 4.78 is 6.94. The van der Waals surface area contributed by atoms with Crippen LogP contribution >= 0.6 is 11.6 Å². The first-order valence-corrected chi connectivity index (χ1v) is 5.40. The largest absolute Gasteiger partial charge is 0.372 e. The smallest absolute Gasteiger partial charge is 0.261 e. The number of hydrogen-bond acceptors (Lipinski definition) is 3. The van der Waals surface area contributed by atoms with E-state index in [-0.39, 0.29) is 5.56 Å². The Kier molecular flexibility index (Phi) is 2.19. The van der Waals surface area contributed by atoms with Crippen LogP contribution in [0.4, 0.5) is 0 Å². The highest BCUT2D eigenvalue weighted by atomic mass is 35.5. The van der Waals surface area contributed by atoms with Crippen LogP contribution in [0.1, 0.15) is 5.82 Å². The number of nitrogens with zero attached hydrogens (tertiary/aromatic N) is 2. The van der Waals surface area contributed by atoms with E-state index in [1.165, 1.54) is 0 Å². The predicted octanol–water partition coefficient (Wildman–Crippen LogP) is 1.58. The van der Waals surface area contributed by atoms with Crippen LogP contribution in [0, 0.1) is 0 Å². The van der Waals surface area contributed by atoms with Gasteiger partial charge in [0, 0.05) is 5.02 Å². The number of ether oxygens (including phenoxy) is 1. The summed E-state index contributed by atoms with van der Waals surface area (Å²) >= 11 is 5.87. The molecule has 0 saturated carbocycles. The lowest BCUT2D eigenvalue weighted by Gasteiger charge is -2.18. The number of aromatic nitrogens is 2. The Balaban J connectivity index is 2.39.